The molecule has 11 nitrogen and oxygen atoms in total. The van der Waals surface area contributed by atoms with Crippen LogP contribution < -0.4 is 15.5 Å². The molecule has 2 aliphatic rings. The number of hydrogen-bond acceptors (Lipinski definition) is 6. The maximum atomic E-state index is 13.3. The smallest absolute Gasteiger partial charge is 0.324 e. The molecule has 2 atom stereocenters. The van der Waals surface area contributed by atoms with Gasteiger partial charge in [0.25, 0.3) is 0 Å². The predicted molar refractivity (Wildman–Crippen MR) is 177 cm³/mol. The molecule has 45 heavy (non-hydrogen) atoms. The van der Waals surface area contributed by atoms with Gasteiger partial charge in [-0.3, -0.25) is 9.47 Å². The number of aromatic nitrogens is 4. The van der Waals surface area contributed by atoms with Gasteiger partial charge in [-0.15, -0.1) is 0 Å². The van der Waals surface area contributed by atoms with Crippen LogP contribution in [0.2, 0.25) is 0 Å². The average molecular weight is 604 g/mol. The van der Waals surface area contributed by atoms with Crippen molar-refractivity contribution in [2.75, 3.05) is 48.3 Å². The van der Waals surface area contributed by atoms with Gasteiger partial charge in [0, 0.05) is 56.0 Å². The fourth-order valence-corrected chi connectivity index (χ4v) is 6.47. The van der Waals surface area contributed by atoms with Crippen molar-refractivity contribution in [3.63, 3.8) is 0 Å². The van der Waals surface area contributed by atoms with Crippen molar-refractivity contribution in [1.29, 1.82) is 0 Å². The maximum Gasteiger partial charge on any atom is 0.324 e. The van der Waals surface area contributed by atoms with Crippen LogP contribution in [0.25, 0.3) is 27.6 Å². The van der Waals surface area contributed by atoms with Crippen LogP contribution in [0.1, 0.15) is 26.7 Å². The normalized spacial score (nSPS) is 17.7. The van der Waals surface area contributed by atoms with Gasteiger partial charge >= 0.3 is 12.1 Å². The highest BCUT2D eigenvalue weighted by atomic mass is 16.2. The number of urea groups is 2. The number of likely N-dealkylation sites (tertiary alicyclic amines) is 1. The molecule has 4 amide bonds. The Hall–Kier alpha value is -5.19. The Balaban J connectivity index is 1.02. The molecular formula is C34H37N9O2. The average Bonchev–Trinajstić information content (AvgIpc) is 3.67. The molecular weight excluding hydrogens is 566 g/mol. The molecule has 2 N–H and O–H groups in total. The van der Waals surface area contributed by atoms with Gasteiger partial charge < -0.3 is 20.4 Å². The van der Waals surface area contributed by atoms with E-state index in [2.05, 4.69) is 39.7 Å². The first-order valence-corrected chi connectivity index (χ1v) is 15.7. The highest BCUT2D eigenvalue weighted by Crippen LogP contribution is 2.28. The van der Waals surface area contributed by atoms with Crippen LogP contribution in [0.15, 0.2) is 79.3 Å². The number of nitrogens with one attached hydrogen (secondary N) is 2. The van der Waals surface area contributed by atoms with Crippen molar-refractivity contribution < 1.29 is 9.59 Å². The number of imidazole rings is 1. The van der Waals surface area contributed by atoms with Crippen molar-refractivity contribution in [3.8, 4) is 5.82 Å². The van der Waals surface area contributed by atoms with Gasteiger partial charge in [0.15, 0.2) is 0 Å². The lowest BCUT2D eigenvalue weighted by Gasteiger charge is -2.36. The van der Waals surface area contributed by atoms with Crippen molar-refractivity contribution in [3.05, 3.63) is 79.3 Å². The third-order valence-electron chi connectivity index (χ3n) is 9.05. The van der Waals surface area contributed by atoms with E-state index in [-0.39, 0.29) is 24.0 Å². The molecule has 11 heteroatoms. The summed E-state index contributed by atoms with van der Waals surface area (Å²) in [5.41, 5.74) is 3.36. The van der Waals surface area contributed by atoms with Crippen molar-refractivity contribution in [2.45, 2.75) is 32.7 Å². The second-order valence-corrected chi connectivity index (χ2v) is 11.8. The largest absolute Gasteiger partial charge is 0.351 e. The van der Waals surface area contributed by atoms with Crippen LogP contribution in [-0.4, -0.2) is 80.1 Å². The standard InChI is InChI=1S/C34H37N9O2/c1-3-40-18-19-42(34(40)45)26-13-14-30-29(20-26)36-22-43(30)31-15-16-35-32(39-31)37-23(2)25-10-7-17-41(21-25)33(44)38-28-12-6-9-24-8-4-5-11-27(24)28/h4-6,8-9,11-16,20,22-23,25H,3,7,10,17-19,21H2,1-2H3,(H,38,44)(H,35,37,39). The minimum Gasteiger partial charge on any atom is -0.351 e. The minimum absolute atomic E-state index is 0.0310. The van der Waals surface area contributed by atoms with Crippen LogP contribution in [0.3, 0.4) is 0 Å². The zero-order chi connectivity index (χ0) is 30.9. The van der Waals surface area contributed by atoms with E-state index < -0.39 is 0 Å². The van der Waals surface area contributed by atoms with Crippen molar-refractivity contribution in [2.24, 2.45) is 5.92 Å². The van der Waals surface area contributed by atoms with Gasteiger partial charge in [0.1, 0.15) is 12.1 Å². The molecule has 7 rings (SSSR count). The van der Waals surface area contributed by atoms with Gasteiger partial charge in [0.05, 0.1) is 16.7 Å². The van der Waals surface area contributed by atoms with Crippen molar-refractivity contribution >= 4 is 51.2 Å². The topological polar surface area (TPSA) is 112 Å². The van der Waals surface area contributed by atoms with Crippen LogP contribution in [0.5, 0.6) is 0 Å². The molecule has 2 aromatic heterocycles. The number of carbonyl (C=O) groups is 2. The van der Waals surface area contributed by atoms with Gasteiger partial charge in [-0.2, -0.15) is 4.98 Å². The first kappa shape index (κ1) is 28.6. The second-order valence-electron chi connectivity index (χ2n) is 11.8. The Bertz CT molecular complexity index is 1870. The van der Waals surface area contributed by atoms with Crippen LogP contribution in [0.4, 0.5) is 26.9 Å². The number of fused-ring (bicyclic) bond motifs is 2. The Morgan fingerprint density at radius 3 is 2.76 bits per heavy atom. The molecule has 4 heterocycles. The maximum absolute atomic E-state index is 13.3. The Labute approximate surface area is 261 Å². The highest BCUT2D eigenvalue weighted by Gasteiger charge is 2.29. The lowest BCUT2D eigenvalue weighted by Crippen LogP contribution is -2.46. The number of hydrogen-bond donors (Lipinski definition) is 2. The molecule has 0 aliphatic carbocycles. The first-order chi connectivity index (χ1) is 22.0. The summed E-state index contributed by atoms with van der Waals surface area (Å²) >= 11 is 0. The SMILES string of the molecule is CCN1CCN(c2ccc3c(c2)ncn3-c2ccnc(NC(C)C3CCCN(C(=O)Nc4cccc5ccccc45)C3)n2)C1=O. The summed E-state index contributed by atoms with van der Waals surface area (Å²) in [7, 11) is 0. The quantitative estimate of drug-likeness (QED) is 0.237. The summed E-state index contributed by atoms with van der Waals surface area (Å²) in [6.45, 7) is 7.60. The summed E-state index contributed by atoms with van der Waals surface area (Å²) in [5.74, 6) is 1.47. The van der Waals surface area contributed by atoms with Gasteiger partial charge in [0.2, 0.25) is 5.95 Å². The van der Waals surface area contributed by atoms with E-state index in [0.29, 0.717) is 31.4 Å². The first-order valence-electron chi connectivity index (χ1n) is 15.7. The summed E-state index contributed by atoms with van der Waals surface area (Å²) < 4.78 is 1.93. The van der Waals surface area contributed by atoms with Gasteiger partial charge in [-0.25, -0.2) is 19.6 Å². The van der Waals surface area contributed by atoms with Crippen LogP contribution in [-0.2, 0) is 0 Å². The van der Waals surface area contributed by atoms with E-state index in [1.54, 1.807) is 17.4 Å². The molecule has 0 spiro atoms. The zero-order valence-corrected chi connectivity index (χ0v) is 25.6. The molecule has 2 unspecified atom stereocenters. The van der Waals surface area contributed by atoms with E-state index in [1.165, 1.54) is 0 Å². The lowest BCUT2D eigenvalue weighted by molar-refractivity contribution is 0.172. The fourth-order valence-electron chi connectivity index (χ4n) is 6.47. The number of amides is 4. The third-order valence-corrected chi connectivity index (χ3v) is 9.05. The summed E-state index contributed by atoms with van der Waals surface area (Å²) in [6.07, 6.45) is 5.44. The molecule has 3 aromatic carbocycles. The summed E-state index contributed by atoms with van der Waals surface area (Å²) in [5, 5.41) is 8.76. The zero-order valence-electron chi connectivity index (χ0n) is 25.6. The summed E-state index contributed by atoms with van der Waals surface area (Å²) in [6, 6.07) is 21.8. The predicted octanol–water partition coefficient (Wildman–Crippen LogP) is 5.98. The third kappa shape index (κ3) is 5.61. The van der Waals surface area contributed by atoms with E-state index in [0.717, 1.165) is 59.1 Å². The number of benzene rings is 3. The van der Waals surface area contributed by atoms with E-state index in [9.17, 15) is 9.59 Å². The van der Waals surface area contributed by atoms with E-state index in [1.807, 2.05) is 75.9 Å². The number of rotatable bonds is 7. The highest BCUT2D eigenvalue weighted by molar-refractivity contribution is 6.01. The molecule has 2 aliphatic heterocycles. The number of anilines is 3. The molecule has 5 aromatic rings. The minimum atomic E-state index is -0.0755. The van der Waals surface area contributed by atoms with E-state index in [4.69, 9.17) is 4.98 Å². The molecule has 230 valence electrons. The molecule has 0 bridgehead atoms. The van der Waals surface area contributed by atoms with E-state index >= 15 is 0 Å². The molecule has 2 fully saturated rings. The fraction of sp³-hybridized carbons (Fsp3) is 0.324. The Morgan fingerprint density at radius 2 is 1.89 bits per heavy atom. The number of likely N-dealkylation sites (N-methyl/N-ethyl adjacent to an activating group) is 1. The Morgan fingerprint density at radius 1 is 1.02 bits per heavy atom. The molecule has 0 radical (unpaired) electrons. The van der Waals surface area contributed by atoms with Gasteiger partial charge in [-0.1, -0.05) is 36.4 Å². The molecule has 0 saturated carbocycles. The van der Waals surface area contributed by atoms with Crippen molar-refractivity contribution in [1.82, 2.24) is 29.3 Å². The monoisotopic (exact) mass is 603 g/mol. The van der Waals surface area contributed by atoms with Crippen LogP contribution >= 0.6 is 0 Å². The number of carbonyl (C=O) groups excluding carboxylic acids is 2. The summed E-state index contributed by atoms with van der Waals surface area (Å²) in [4.78, 5) is 45.5. The lowest BCUT2D eigenvalue weighted by atomic mass is 9.92. The Kier molecular flexibility index (Phi) is 7.66. The molecule has 2 saturated heterocycles. The number of nitrogens with zero attached hydrogens (tertiary/aromatic N) is 7. The second kappa shape index (κ2) is 12.1. The number of piperidine rings is 1. The van der Waals surface area contributed by atoms with Gasteiger partial charge in [-0.05, 0) is 68.3 Å². The van der Waals surface area contributed by atoms with Crippen LogP contribution in [0, 0.1) is 5.92 Å².